The Morgan fingerprint density at radius 1 is 1.52 bits per heavy atom. The number of aryl methyl sites for hydroxylation is 1. The molecule has 0 radical (unpaired) electrons. The zero-order chi connectivity index (χ0) is 15.4. The quantitative estimate of drug-likeness (QED) is 0.497. The molecule has 0 aliphatic heterocycles. The van der Waals surface area contributed by atoms with Crippen molar-refractivity contribution in [2.45, 2.75) is 20.3 Å². The number of rotatable bonds is 6. The highest BCUT2D eigenvalue weighted by Crippen LogP contribution is 2.35. The molecule has 5 nitrogen and oxygen atoms in total. The minimum atomic E-state index is -0.330. The lowest BCUT2D eigenvalue weighted by Crippen LogP contribution is -2.05. The Hall–Kier alpha value is -1.66. The summed E-state index contributed by atoms with van der Waals surface area (Å²) in [5.41, 5.74) is 0.805. The fraction of sp³-hybridized carbons (Fsp3) is 0.357. The van der Waals surface area contributed by atoms with Crippen LogP contribution in [0, 0.1) is 6.92 Å². The molecule has 21 heavy (non-hydrogen) atoms. The van der Waals surface area contributed by atoms with E-state index in [-0.39, 0.29) is 11.3 Å². The molecule has 2 heterocycles. The lowest BCUT2D eigenvalue weighted by Gasteiger charge is -2.05. The zero-order valence-corrected chi connectivity index (χ0v) is 13.5. The number of nitrogens with one attached hydrogen (secondary N) is 1. The monoisotopic (exact) mass is 325 g/mol. The van der Waals surface area contributed by atoms with E-state index in [1.54, 1.807) is 6.08 Å². The maximum absolute atomic E-state index is 12.1. The summed E-state index contributed by atoms with van der Waals surface area (Å²) in [4.78, 5) is 21.7. The van der Waals surface area contributed by atoms with Gasteiger partial charge in [-0.1, -0.05) is 13.0 Å². The van der Waals surface area contributed by atoms with Crippen molar-refractivity contribution in [1.29, 1.82) is 0 Å². The molecule has 0 saturated heterocycles. The Kier molecular flexibility index (Phi) is 5.14. The van der Waals surface area contributed by atoms with E-state index in [0.717, 1.165) is 17.4 Å². The van der Waals surface area contributed by atoms with Crippen LogP contribution in [0.25, 0.3) is 10.2 Å². The van der Waals surface area contributed by atoms with Crippen molar-refractivity contribution in [2.24, 2.45) is 0 Å². The van der Waals surface area contributed by atoms with E-state index >= 15 is 0 Å². The van der Waals surface area contributed by atoms with E-state index in [2.05, 4.69) is 21.9 Å². The van der Waals surface area contributed by atoms with E-state index in [9.17, 15) is 4.79 Å². The Labute approximate surface area is 132 Å². The second-order valence-corrected chi connectivity index (χ2v) is 5.72. The highest BCUT2D eigenvalue weighted by molar-refractivity contribution is 7.20. The number of hydrogen-bond acceptors (Lipinski definition) is 6. The number of halogens is 1. The molecular formula is C14H16ClN3O2S. The predicted octanol–water partition coefficient (Wildman–Crippen LogP) is 3.82. The van der Waals surface area contributed by atoms with E-state index in [0.29, 0.717) is 28.7 Å². The first-order chi connectivity index (χ1) is 10.1. The summed E-state index contributed by atoms with van der Waals surface area (Å²) < 4.78 is 5.19. The van der Waals surface area contributed by atoms with Crippen molar-refractivity contribution >= 4 is 44.9 Å². The van der Waals surface area contributed by atoms with Crippen molar-refractivity contribution in [1.82, 2.24) is 9.97 Å². The summed E-state index contributed by atoms with van der Waals surface area (Å²) in [6.45, 7) is 8.42. The van der Waals surface area contributed by atoms with Crippen LogP contribution < -0.4 is 5.32 Å². The molecule has 1 N–H and O–H groups in total. The van der Waals surface area contributed by atoms with Crippen LogP contribution in [-0.4, -0.2) is 29.1 Å². The summed E-state index contributed by atoms with van der Waals surface area (Å²) in [6.07, 6.45) is 2.51. The van der Waals surface area contributed by atoms with E-state index in [1.165, 1.54) is 11.3 Å². The summed E-state index contributed by atoms with van der Waals surface area (Å²) >= 11 is 7.20. The first-order valence-corrected chi connectivity index (χ1v) is 7.76. The van der Waals surface area contributed by atoms with Gasteiger partial charge >= 0.3 is 5.97 Å². The topological polar surface area (TPSA) is 64.1 Å². The SMILES string of the molecule is C=CCNc1nc(Cl)nc2sc(C(=O)OCCC)c(C)c12. The maximum Gasteiger partial charge on any atom is 0.348 e. The molecule has 0 unspecified atom stereocenters. The van der Waals surface area contributed by atoms with Gasteiger partial charge in [-0.25, -0.2) is 14.8 Å². The van der Waals surface area contributed by atoms with E-state index in [1.807, 2.05) is 13.8 Å². The van der Waals surface area contributed by atoms with Gasteiger partial charge in [0.15, 0.2) is 0 Å². The smallest absolute Gasteiger partial charge is 0.348 e. The number of anilines is 1. The van der Waals surface area contributed by atoms with Crippen molar-refractivity contribution < 1.29 is 9.53 Å². The molecule has 112 valence electrons. The van der Waals surface area contributed by atoms with Crippen LogP contribution in [0.2, 0.25) is 5.28 Å². The molecule has 2 aromatic rings. The molecule has 2 aromatic heterocycles. The van der Waals surface area contributed by atoms with Gasteiger partial charge in [-0.15, -0.1) is 17.9 Å². The van der Waals surface area contributed by atoms with Crippen molar-refractivity contribution in [3.63, 3.8) is 0 Å². The maximum atomic E-state index is 12.1. The summed E-state index contributed by atoms with van der Waals surface area (Å²) in [5, 5.41) is 4.06. The molecule has 0 aliphatic rings. The number of nitrogens with zero attached hydrogens (tertiary/aromatic N) is 2. The van der Waals surface area contributed by atoms with E-state index < -0.39 is 0 Å². The van der Waals surface area contributed by atoms with Gasteiger partial charge in [-0.05, 0) is 30.5 Å². The first-order valence-electron chi connectivity index (χ1n) is 6.57. The Morgan fingerprint density at radius 2 is 2.29 bits per heavy atom. The second-order valence-electron chi connectivity index (χ2n) is 4.38. The number of carbonyl (C=O) groups excluding carboxylic acids is 1. The molecule has 0 saturated carbocycles. The highest BCUT2D eigenvalue weighted by Gasteiger charge is 2.21. The fourth-order valence-electron chi connectivity index (χ4n) is 1.86. The average molecular weight is 326 g/mol. The number of carbonyl (C=O) groups is 1. The van der Waals surface area contributed by atoms with Gasteiger partial charge in [-0.2, -0.15) is 0 Å². The molecule has 0 aromatic carbocycles. The third-order valence-electron chi connectivity index (χ3n) is 2.80. The van der Waals surface area contributed by atoms with Crippen molar-refractivity contribution in [2.75, 3.05) is 18.5 Å². The van der Waals surface area contributed by atoms with Crippen LogP contribution >= 0.6 is 22.9 Å². The summed E-state index contributed by atoms with van der Waals surface area (Å²) in [6, 6.07) is 0. The minimum absolute atomic E-state index is 0.142. The van der Waals surface area contributed by atoms with Crippen LogP contribution in [0.1, 0.15) is 28.6 Å². The first kappa shape index (κ1) is 15.7. The highest BCUT2D eigenvalue weighted by atomic mass is 35.5. The van der Waals surface area contributed by atoms with Crippen LogP contribution in [0.15, 0.2) is 12.7 Å². The normalized spacial score (nSPS) is 10.6. The standard InChI is InChI=1S/C14H16ClN3O2S/c1-4-6-16-11-9-8(3)10(13(19)20-7-5-2)21-12(9)18-14(15)17-11/h4H,1,5-7H2,2-3H3,(H,16,17,18). The summed E-state index contributed by atoms with van der Waals surface area (Å²) in [5.74, 6) is 0.274. The lowest BCUT2D eigenvalue weighted by atomic mass is 10.2. The molecular weight excluding hydrogens is 310 g/mol. The van der Waals surface area contributed by atoms with Gasteiger partial charge in [0.05, 0.1) is 12.0 Å². The zero-order valence-electron chi connectivity index (χ0n) is 11.9. The van der Waals surface area contributed by atoms with Crippen molar-refractivity contribution in [3.8, 4) is 0 Å². The number of aromatic nitrogens is 2. The number of fused-ring (bicyclic) bond motifs is 1. The molecule has 0 fully saturated rings. The average Bonchev–Trinajstić information content (AvgIpc) is 2.79. The van der Waals surface area contributed by atoms with Gasteiger partial charge in [-0.3, -0.25) is 0 Å². The van der Waals surface area contributed by atoms with Gasteiger partial charge in [0.25, 0.3) is 0 Å². The third-order valence-corrected chi connectivity index (χ3v) is 4.13. The summed E-state index contributed by atoms with van der Waals surface area (Å²) in [7, 11) is 0. The van der Waals surface area contributed by atoms with Gasteiger partial charge in [0, 0.05) is 6.54 Å². The van der Waals surface area contributed by atoms with E-state index in [4.69, 9.17) is 16.3 Å². The van der Waals surface area contributed by atoms with Gasteiger partial charge in [0.2, 0.25) is 5.28 Å². The molecule has 0 atom stereocenters. The molecule has 2 rings (SSSR count). The molecule has 0 spiro atoms. The molecule has 7 heteroatoms. The molecule has 0 amide bonds. The molecule has 0 aliphatic carbocycles. The Balaban J connectivity index is 2.49. The molecule has 0 bridgehead atoms. The Morgan fingerprint density at radius 3 is 2.95 bits per heavy atom. The number of esters is 1. The van der Waals surface area contributed by atoms with Crippen LogP contribution in [-0.2, 0) is 4.74 Å². The predicted molar refractivity (Wildman–Crippen MR) is 86.4 cm³/mol. The van der Waals surface area contributed by atoms with Crippen molar-refractivity contribution in [3.05, 3.63) is 28.4 Å². The van der Waals surface area contributed by atoms with Gasteiger partial charge < -0.3 is 10.1 Å². The largest absolute Gasteiger partial charge is 0.462 e. The van der Waals surface area contributed by atoms with Gasteiger partial charge in [0.1, 0.15) is 15.5 Å². The minimum Gasteiger partial charge on any atom is -0.462 e. The second kappa shape index (κ2) is 6.87. The van der Waals surface area contributed by atoms with Crippen LogP contribution in [0.3, 0.4) is 0 Å². The lowest BCUT2D eigenvalue weighted by molar-refractivity contribution is 0.0510. The Bertz CT molecular complexity index is 684. The number of thiophene rings is 1. The number of hydrogen-bond donors (Lipinski definition) is 1. The third kappa shape index (κ3) is 3.33. The number of ether oxygens (including phenoxy) is 1. The fourth-order valence-corrected chi connectivity index (χ4v) is 3.16. The van der Waals surface area contributed by atoms with Crippen LogP contribution in [0.5, 0.6) is 0 Å². The van der Waals surface area contributed by atoms with Crippen LogP contribution in [0.4, 0.5) is 5.82 Å².